The monoisotopic (exact) mass is 410 g/mol. The number of hydrogen-bond donors (Lipinski definition) is 2. The number of Topliss-reactive ketones (excluding diaryl/α,β-unsaturated/α-hetero) is 2. The summed E-state index contributed by atoms with van der Waals surface area (Å²) in [4.78, 5) is 31.9. The van der Waals surface area contributed by atoms with Crippen molar-refractivity contribution in [1.82, 2.24) is 9.97 Å². The van der Waals surface area contributed by atoms with Crippen molar-refractivity contribution in [3.05, 3.63) is 94.3 Å². The lowest BCUT2D eigenvalue weighted by atomic mass is 10.0. The molecule has 4 rings (SSSR count). The van der Waals surface area contributed by atoms with E-state index in [-0.39, 0.29) is 18.0 Å². The van der Waals surface area contributed by atoms with Gasteiger partial charge in [-0.1, -0.05) is 36.4 Å². The van der Waals surface area contributed by atoms with Gasteiger partial charge in [-0.15, -0.1) is 0 Å². The summed E-state index contributed by atoms with van der Waals surface area (Å²) in [6, 6.07) is 19.6. The molecule has 0 aliphatic heterocycles. The van der Waals surface area contributed by atoms with Crippen LogP contribution in [0.15, 0.2) is 60.7 Å². The van der Waals surface area contributed by atoms with Crippen LogP contribution >= 0.6 is 0 Å². The van der Waals surface area contributed by atoms with Gasteiger partial charge in [-0.2, -0.15) is 0 Å². The Morgan fingerprint density at radius 1 is 0.581 bits per heavy atom. The largest absolute Gasteiger partial charge is 0.352 e. The molecule has 0 bridgehead atoms. The van der Waals surface area contributed by atoms with Crippen molar-refractivity contribution in [3.8, 4) is 22.5 Å². The number of carbonyl (C=O) groups excluding carboxylic acids is 2. The first-order valence-electron chi connectivity index (χ1n) is 10.4. The number of carbonyl (C=O) groups is 2. The number of aromatic amines is 2. The molecule has 2 N–H and O–H groups in total. The standard InChI is InChI=1S/C27H26N2O2/c1-16-7-5-8-17(2)26(16)22-13-11-20(28-22)24(30)15-25(31)21-12-14-23(29-21)27-18(3)9-6-10-19(27)4/h5-14,28-29H,15H2,1-4H3. The zero-order valence-electron chi connectivity index (χ0n) is 18.3. The first-order valence-corrected chi connectivity index (χ1v) is 10.4. The molecule has 156 valence electrons. The highest BCUT2D eigenvalue weighted by atomic mass is 16.1. The van der Waals surface area contributed by atoms with Gasteiger partial charge in [0.25, 0.3) is 0 Å². The van der Waals surface area contributed by atoms with Gasteiger partial charge in [0.2, 0.25) is 0 Å². The molecular formula is C27H26N2O2. The molecule has 4 nitrogen and oxygen atoms in total. The van der Waals surface area contributed by atoms with Crippen molar-refractivity contribution < 1.29 is 9.59 Å². The maximum Gasteiger partial charge on any atom is 0.186 e. The molecule has 2 aromatic carbocycles. The SMILES string of the molecule is Cc1cccc(C)c1-c1ccc(C(=O)CC(=O)c2ccc(-c3c(C)cccc3C)[nH]2)[nH]1. The van der Waals surface area contributed by atoms with Gasteiger partial charge in [-0.25, -0.2) is 0 Å². The van der Waals surface area contributed by atoms with Crippen LogP contribution in [0.25, 0.3) is 22.5 Å². The Morgan fingerprint density at radius 2 is 0.935 bits per heavy atom. The highest BCUT2D eigenvalue weighted by Gasteiger charge is 2.18. The first-order chi connectivity index (χ1) is 14.8. The average molecular weight is 411 g/mol. The molecule has 0 saturated heterocycles. The van der Waals surface area contributed by atoms with Gasteiger partial charge in [0.15, 0.2) is 11.6 Å². The number of rotatable bonds is 6. The number of aromatic nitrogens is 2. The highest BCUT2D eigenvalue weighted by molar-refractivity contribution is 6.12. The Balaban J connectivity index is 1.52. The summed E-state index contributed by atoms with van der Waals surface area (Å²) in [5.41, 5.74) is 9.44. The molecule has 0 fully saturated rings. The molecule has 2 heterocycles. The van der Waals surface area contributed by atoms with E-state index in [4.69, 9.17) is 0 Å². The molecule has 0 unspecified atom stereocenters. The minimum absolute atomic E-state index is 0.181. The van der Waals surface area contributed by atoms with Crippen molar-refractivity contribution in [1.29, 1.82) is 0 Å². The van der Waals surface area contributed by atoms with Gasteiger partial charge in [0.1, 0.15) is 0 Å². The molecule has 0 spiro atoms. The molecule has 31 heavy (non-hydrogen) atoms. The molecule has 0 radical (unpaired) electrons. The predicted molar refractivity (Wildman–Crippen MR) is 125 cm³/mol. The number of nitrogens with one attached hydrogen (secondary N) is 2. The summed E-state index contributed by atoms with van der Waals surface area (Å²) >= 11 is 0. The van der Waals surface area contributed by atoms with Crippen LogP contribution in [0.3, 0.4) is 0 Å². The lowest BCUT2D eigenvalue weighted by Crippen LogP contribution is -2.09. The van der Waals surface area contributed by atoms with Crippen LogP contribution in [0.5, 0.6) is 0 Å². The van der Waals surface area contributed by atoms with Gasteiger partial charge in [-0.3, -0.25) is 9.59 Å². The third-order valence-electron chi connectivity index (χ3n) is 5.79. The van der Waals surface area contributed by atoms with E-state index in [0.717, 1.165) is 44.8 Å². The van der Waals surface area contributed by atoms with E-state index in [1.165, 1.54) is 0 Å². The van der Waals surface area contributed by atoms with E-state index >= 15 is 0 Å². The van der Waals surface area contributed by atoms with Gasteiger partial charge in [0.05, 0.1) is 17.8 Å². The summed E-state index contributed by atoms with van der Waals surface area (Å²) in [5.74, 6) is -0.434. The van der Waals surface area contributed by atoms with Crippen LogP contribution in [0.1, 0.15) is 49.7 Å². The smallest absolute Gasteiger partial charge is 0.186 e. The molecule has 2 aromatic heterocycles. The molecule has 0 aliphatic carbocycles. The second-order valence-corrected chi connectivity index (χ2v) is 8.13. The van der Waals surface area contributed by atoms with Crippen molar-refractivity contribution in [3.63, 3.8) is 0 Å². The summed E-state index contributed by atoms with van der Waals surface area (Å²) in [7, 11) is 0. The van der Waals surface area contributed by atoms with Crippen molar-refractivity contribution in [2.75, 3.05) is 0 Å². The van der Waals surface area contributed by atoms with Gasteiger partial charge in [0, 0.05) is 22.5 Å². The maximum absolute atomic E-state index is 12.8. The Kier molecular flexibility index (Phi) is 5.47. The summed E-state index contributed by atoms with van der Waals surface area (Å²) in [6.45, 7) is 8.20. The van der Waals surface area contributed by atoms with Crippen LogP contribution in [0, 0.1) is 27.7 Å². The maximum atomic E-state index is 12.8. The molecule has 0 aliphatic rings. The summed E-state index contributed by atoms with van der Waals surface area (Å²) in [5, 5.41) is 0. The van der Waals surface area contributed by atoms with Crippen LogP contribution in [0.2, 0.25) is 0 Å². The predicted octanol–water partition coefficient (Wildman–Crippen LogP) is 6.37. The van der Waals surface area contributed by atoms with Crippen LogP contribution in [-0.2, 0) is 0 Å². The quantitative estimate of drug-likeness (QED) is 0.287. The minimum Gasteiger partial charge on any atom is -0.352 e. The van der Waals surface area contributed by atoms with E-state index in [1.807, 2.05) is 76.2 Å². The molecule has 4 aromatic rings. The van der Waals surface area contributed by atoms with E-state index in [2.05, 4.69) is 9.97 Å². The minimum atomic E-state index is -0.217. The highest BCUT2D eigenvalue weighted by Crippen LogP contribution is 2.28. The fourth-order valence-electron chi connectivity index (χ4n) is 4.22. The molecule has 0 amide bonds. The Morgan fingerprint density at radius 3 is 1.29 bits per heavy atom. The normalized spacial score (nSPS) is 11.0. The number of benzene rings is 2. The molecular weight excluding hydrogens is 384 g/mol. The van der Waals surface area contributed by atoms with Crippen molar-refractivity contribution in [2.24, 2.45) is 0 Å². The Labute approximate surface area is 182 Å². The van der Waals surface area contributed by atoms with Crippen molar-refractivity contribution in [2.45, 2.75) is 34.1 Å². The third kappa shape index (κ3) is 4.02. The fourth-order valence-corrected chi connectivity index (χ4v) is 4.22. The number of aryl methyl sites for hydroxylation is 4. The lowest BCUT2D eigenvalue weighted by molar-refractivity contribution is 0.0889. The topological polar surface area (TPSA) is 65.7 Å². The summed E-state index contributed by atoms with van der Waals surface area (Å²) in [6.07, 6.45) is -0.181. The third-order valence-corrected chi connectivity index (χ3v) is 5.79. The van der Waals surface area contributed by atoms with E-state index in [0.29, 0.717) is 11.4 Å². The number of H-pyrrole nitrogens is 2. The zero-order valence-corrected chi connectivity index (χ0v) is 18.3. The van der Waals surface area contributed by atoms with Crippen molar-refractivity contribution >= 4 is 11.6 Å². The van der Waals surface area contributed by atoms with Gasteiger partial charge < -0.3 is 9.97 Å². The molecule has 4 heteroatoms. The van der Waals surface area contributed by atoms with Crippen LogP contribution < -0.4 is 0 Å². The average Bonchev–Trinajstić information content (AvgIpc) is 3.38. The van der Waals surface area contributed by atoms with E-state index in [1.54, 1.807) is 12.1 Å². The number of hydrogen-bond acceptors (Lipinski definition) is 2. The number of ketones is 2. The molecule has 0 atom stereocenters. The lowest BCUT2D eigenvalue weighted by Gasteiger charge is -2.08. The molecule has 0 saturated carbocycles. The Bertz CT molecular complexity index is 1150. The zero-order chi connectivity index (χ0) is 22.1. The first kappa shape index (κ1) is 20.6. The van der Waals surface area contributed by atoms with Gasteiger partial charge in [-0.05, 0) is 74.2 Å². The van der Waals surface area contributed by atoms with Crippen LogP contribution in [0.4, 0.5) is 0 Å². The van der Waals surface area contributed by atoms with Gasteiger partial charge >= 0.3 is 0 Å². The second kappa shape index (κ2) is 8.23. The fraction of sp³-hybridized carbons (Fsp3) is 0.185. The van der Waals surface area contributed by atoms with E-state index in [9.17, 15) is 9.59 Å². The van der Waals surface area contributed by atoms with E-state index < -0.39 is 0 Å². The second-order valence-electron chi connectivity index (χ2n) is 8.13. The Hall–Kier alpha value is -3.66. The summed E-state index contributed by atoms with van der Waals surface area (Å²) < 4.78 is 0. The van der Waals surface area contributed by atoms with Crippen LogP contribution in [-0.4, -0.2) is 21.5 Å².